The van der Waals surface area contributed by atoms with Crippen molar-refractivity contribution in [3.8, 4) is 0 Å². The van der Waals surface area contributed by atoms with Crippen molar-refractivity contribution in [2.75, 3.05) is 0 Å². The van der Waals surface area contributed by atoms with Gasteiger partial charge in [-0.05, 0) is 23.0 Å². The van der Waals surface area contributed by atoms with Gasteiger partial charge in [0.2, 0.25) is 8.32 Å². The Morgan fingerprint density at radius 2 is 1.27 bits per heavy atom. The van der Waals surface area contributed by atoms with Gasteiger partial charge in [0.25, 0.3) is 0 Å². The molecule has 0 radical (unpaired) electrons. The molecule has 0 bridgehead atoms. The summed E-state index contributed by atoms with van der Waals surface area (Å²) in [6.45, 7) is 15.3. The number of hydrogen-bond acceptors (Lipinski definition) is 2. The van der Waals surface area contributed by atoms with Crippen molar-refractivity contribution in [1.29, 1.82) is 0 Å². The predicted octanol–water partition coefficient (Wildman–Crippen LogP) is 3.91. The van der Waals surface area contributed by atoms with Gasteiger partial charge >= 0.3 is 0 Å². The van der Waals surface area contributed by atoms with Gasteiger partial charge in [-0.2, -0.15) is 0 Å². The Kier molecular flexibility index (Phi) is 6.07. The van der Waals surface area contributed by atoms with Crippen LogP contribution in [-0.4, -0.2) is 19.7 Å². The molecule has 3 heteroatoms. The maximum absolute atomic E-state index is 9.75. The van der Waals surface area contributed by atoms with E-state index >= 15 is 0 Å². The first kappa shape index (κ1) is 15.1. The lowest BCUT2D eigenvalue weighted by Crippen LogP contribution is -2.50. The SMILES string of the molecule is CCC(O)O[Si](C(C)C)(C(C)C)C(C)C. The molecule has 0 aliphatic carbocycles. The Hall–Kier alpha value is 0.137. The summed E-state index contributed by atoms with van der Waals surface area (Å²) < 4.78 is 6.07. The zero-order chi connectivity index (χ0) is 12.2. The Morgan fingerprint density at radius 3 is 1.47 bits per heavy atom. The van der Waals surface area contributed by atoms with Crippen LogP contribution in [0.25, 0.3) is 0 Å². The third kappa shape index (κ3) is 3.30. The summed E-state index contributed by atoms with van der Waals surface area (Å²) in [7, 11) is -1.86. The van der Waals surface area contributed by atoms with Crippen molar-refractivity contribution in [2.45, 2.75) is 77.8 Å². The second-order valence-corrected chi connectivity index (χ2v) is 10.7. The molecule has 0 heterocycles. The van der Waals surface area contributed by atoms with Gasteiger partial charge < -0.3 is 9.53 Å². The van der Waals surface area contributed by atoms with Gasteiger partial charge in [0, 0.05) is 0 Å². The van der Waals surface area contributed by atoms with E-state index < -0.39 is 14.6 Å². The number of rotatable bonds is 6. The van der Waals surface area contributed by atoms with Crippen molar-refractivity contribution in [3.05, 3.63) is 0 Å². The van der Waals surface area contributed by atoms with E-state index in [9.17, 15) is 5.11 Å². The number of hydrogen-bond donors (Lipinski definition) is 1. The van der Waals surface area contributed by atoms with Crippen molar-refractivity contribution in [3.63, 3.8) is 0 Å². The Labute approximate surface area is 96.2 Å². The largest absolute Gasteiger partial charge is 0.392 e. The van der Waals surface area contributed by atoms with E-state index in [-0.39, 0.29) is 0 Å². The zero-order valence-electron chi connectivity index (χ0n) is 11.4. The van der Waals surface area contributed by atoms with Gasteiger partial charge in [-0.15, -0.1) is 0 Å². The highest BCUT2D eigenvalue weighted by atomic mass is 28.4. The van der Waals surface area contributed by atoms with Crippen LogP contribution in [0.3, 0.4) is 0 Å². The minimum Gasteiger partial charge on any atom is -0.392 e. The highest BCUT2D eigenvalue weighted by Gasteiger charge is 2.46. The number of aliphatic hydroxyl groups is 1. The first-order valence-electron chi connectivity index (χ1n) is 6.14. The van der Waals surface area contributed by atoms with Gasteiger partial charge in [-0.25, -0.2) is 0 Å². The molecular formula is C12H28O2Si. The van der Waals surface area contributed by atoms with E-state index in [1.165, 1.54) is 0 Å². The molecule has 15 heavy (non-hydrogen) atoms. The van der Waals surface area contributed by atoms with Crippen LogP contribution in [0, 0.1) is 0 Å². The van der Waals surface area contributed by atoms with E-state index in [0.29, 0.717) is 23.0 Å². The van der Waals surface area contributed by atoms with Gasteiger partial charge in [0.1, 0.15) is 6.29 Å². The van der Waals surface area contributed by atoms with Crippen molar-refractivity contribution < 1.29 is 9.53 Å². The third-order valence-electron chi connectivity index (χ3n) is 3.40. The van der Waals surface area contributed by atoms with Crippen LogP contribution in [-0.2, 0) is 4.43 Å². The van der Waals surface area contributed by atoms with Crippen LogP contribution in [0.2, 0.25) is 16.6 Å². The molecule has 0 saturated carbocycles. The second kappa shape index (κ2) is 6.02. The van der Waals surface area contributed by atoms with E-state index in [1.54, 1.807) is 0 Å². The summed E-state index contributed by atoms with van der Waals surface area (Å²) >= 11 is 0. The summed E-state index contributed by atoms with van der Waals surface area (Å²) in [5.74, 6) is 0. The van der Waals surface area contributed by atoms with Gasteiger partial charge in [-0.3, -0.25) is 0 Å². The molecule has 1 unspecified atom stereocenters. The molecule has 0 aliphatic rings. The molecule has 0 aliphatic heterocycles. The van der Waals surface area contributed by atoms with Crippen LogP contribution in [0.1, 0.15) is 54.9 Å². The molecule has 1 N–H and O–H groups in total. The maximum Gasteiger partial charge on any atom is 0.203 e. The molecule has 0 spiro atoms. The molecular weight excluding hydrogens is 204 g/mol. The molecule has 0 aromatic rings. The summed E-state index contributed by atoms with van der Waals surface area (Å²) in [5, 5.41) is 9.75. The molecule has 1 atom stereocenters. The maximum atomic E-state index is 9.75. The molecule has 0 aromatic carbocycles. The Balaban J connectivity index is 4.96. The lowest BCUT2D eigenvalue weighted by Gasteiger charge is -2.43. The Morgan fingerprint density at radius 1 is 0.933 bits per heavy atom. The minimum absolute atomic E-state index is 0.540. The molecule has 92 valence electrons. The normalized spacial score (nSPS) is 15.4. The van der Waals surface area contributed by atoms with Crippen molar-refractivity contribution in [2.24, 2.45) is 0 Å². The standard InChI is InChI=1S/C12H28O2Si/c1-8-12(13)14-15(9(2)3,10(4)5)11(6)7/h9-13H,8H2,1-7H3. The quantitative estimate of drug-likeness (QED) is 0.556. The van der Waals surface area contributed by atoms with Crippen LogP contribution in [0.4, 0.5) is 0 Å². The van der Waals surface area contributed by atoms with Crippen LogP contribution >= 0.6 is 0 Å². The molecule has 0 fully saturated rings. The van der Waals surface area contributed by atoms with Crippen LogP contribution in [0.5, 0.6) is 0 Å². The van der Waals surface area contributed by atoms with Gasteiger partial charge in [-0.1, -0.05) is 48.5 Å². The van der Waals surface area contributed by atoms with Crippen LogP contribution < -0.4 is 0 Å². The average molecular weight is 232 g/mol. The topological polar surface area (TPSA) is 29.5 Å². The highest BCUT2D eigenvalue weighted by molar-refractivity contribution is 6.77. The third-order valence-corrected chi connectivity index (χ3v) is 9.49. The first-order valence-corrected chi connectivity index (χ1v) is 8.28. The fourth-order valence-electron chi connectivity index (χ4n) is 2.73. The summed E-state index contributed by atoms with van der Waals surface area (Å²) in [6, 6.07) is 0. The van der Waals surface area contributed by atoms with Gasteiger partial charge in [0.05, 0.1) is 0 Å². The van der Waals surface area contributed by atoms with E-state index in [2.05, 4.69) is 41.5 Å². The predicted molar refractivity (Wildman–Crippen MR) is 68.4 cm³/mol. The van der Waals surface area contributed by atoms with Crippen LogP contribution in [0.15, 0.2) is 0 Å². The van der Waals surface area contributed by atoms with E-state index in [4.69, 9.17) is 4.43 Å². The summed E-state index contributed by atoms with van der Waals surface area (Å²) in [5.41, 5.74) is 1.62. The highest BCUT2D eigenvalue weighted by Crippen LogP contribution is 2.42. The van der Waals surface area contributed by atoms with E-state index in [1.807, 2.05) is 6.92 Å². The smallest absolute Gasteiger partial charge is 0.203 e. The molecule has 0 rings (SSSR count). The molecule has 0 aromatic heterocycles. The van der Waals surface area contributed by atoms with Crippen molar-refractivity contribution in [1.82, 2.24) is 0 Å². The number of aliphatic hydroxyl groups excluding tert-OH is 1. The van der Waals surface area contributed by atoms with Gasteiger partial charge in [0.15, 0.2) is 0 Å². The second-order valence-electron chi connectivity index (χ2n) is 5.30. The molecule has 0 amide bonds. The molecule has 2 nitrogen and oxygen atoms in total. The summed E-state index contributed by atoms with van der Waals surface area (Å²) in [4.78, 5) is 0. The fourth-order valence-corrected chi connectivity index (χ4v) is 8.18. The van der Waals surface area contributed by atoms with E-state index in [0.717, 1.165) is 0 Å². The van der Waals surface area contributed by atoms with Crippen molar-refractivity contribution >= 4 is 8.32 Å². The Bertz CT molecular complexity index is 157. The zero-order valence-corrected chi connectivity index (χ0v) is 12.4. The lowest BCUT2D eigenvalue weighted by atomic mass is 10.5. The lowest BCUT2D eigenvalue weighted by molar-refractivity contribution is -0.0328. The monoisotopic (exact) mass is 232 g/mol. The average Bonchev–Trinajstić information content (AvgIpc) is 2.11. The summed E-state index contributed by atoms with van der Waals surface area (Å²) in [6.07, 6.45) is 0.102. The molecule has 0 saturated heterocycles. The first-order chi connectivity index (χ1) is 6.78. The minimum atomic E-state index is -1.86. The fraction of sp³-hybridized carbons (Fsp3) is 1.00.